The molecule has 0 saturated carbocycles. The summed E-state index contributed by atoms with van der Waals surface area (Å²) < 4.78 is 68.7. The number of phosphoric ester groups is 2. The Morgan fingerprint density at radius 3 is 0.710 bits per heavy atom. The van der Waals surface area contributed by atoms with Gasteiger partial charge in [-0.15, -0.1) is 0 Å². The van der Waals surface area contributed by atoms with E-state index in [4.69, 9.17) is 37.0 Å². The van der Waals surface area contributed by atoms with Crippen LogP contribution in [0.4, 0.5) is 0 Å². The number of rotatable bonds is 78. The zero-order chi connectivity index (χ0) is 73.8. The van der Waals surface area contributed by atoms with Crippen LogP contribution in [0.3, 0.4) is 0 Å². The molecule has 0 fully saturated rings. The molecule has 0 aromatic heterocycles. The van der Waals surface area contributed by atoms with E-state index in [1.165, 1.54) is 212 Å². The number of hydrogen-bond acceptors (Lipinski definition) is 15. The largest absolute Gasteiger partial charge is 0.472 e. The Labute approximate surface area is 613 Å². The molecule has 0 spiro atoms. The van der Waals surface area contributed by atoms with E-state index in [-0.39, 0.29) is 25.7 Å². The molecule has 3 N–H and O–H groups in total. The summed E-state index contributed by atoms with van der Waals surface area (Å²) in [6.07, 6.45) is 56.8. The van der Waals surface area contributed by atoms with Gasteiger partial charge in [0.05, 0.1) is 26.4 Å². The number of hydrogen-bond donors (Lipinski definition) is 3. The number of carbonyl (C=O) groups excluding carboxylic acids is 4. The second-order valence-electron chi connectivity index (χ2n) is 30.6. The maximum absolute atomic E-state index is 13.1. The van der Waals surface area contributed by atoms with E-state index < -0.39 is 97.5 Å². The molecule has 100 heavy (non-hydrogen) atoms. The van der Waals surface area contributed by atoms with Crippen LogP contribution < -0.4 is 0 Å². The number of aliphatic hydroxyl groups excluding tert-OH is 1. The van der Waals surface area contributed by atoms with Crippen LogP contribution in [0.2, 0.25) is 0 Å². The minimum absolute atomic E-state index is 0.105. The van der Waals surface area contributed by atoms with Crippen molar-refractivity contribution >= 4 is 39.5 Å². The number of aliphatic hydroxyl groups is 1. The van der Waals surface area contributed by atoms with E-state index in [1.54, 1.807) is 0 Å². The van der Waals surface area contributed by atoms with Gasteiger partial charge in [0.1, 0.15) is 19.3 Å². The number of phosphoric acid groups is 2. The smallest absolute Gasteiger partial charge is 0.462 e. The summed E-state index contributed by atoms with van der Waals surface area (Å²) in [6.45, 7) is 14.3. The van der Waals surface area contributed by atoms with Gasteiger partial charge in [-0.1, -0.05) is 364 Å². The van der Waals surface area contributed by atoms with Crippen molar-refractivity contribution in [2.75, 3.05) is 39.6 Å². The molecule has 0 aliphatic carbocycles. The lowest BCUT2D eigenvalue weighted by molar-refractivity contribution is -0.161. The molecule has 0 saturated heterocycles. The van der Waals surface area contributed by atoms with E-state index in [0.29, 0.717) is 25.7 Å². The van der Waals surface area contributed by atoms with Gasteiger partial charge in [-0.2, -0.15) is 0 Å². The van der Waals surface area contributed by atoms with Gasteiger partial charge < -0.3 is 33.8 Å². The fourth-order valence-electron chi connectivity index (χ4n) is 12.4. The zero-order valence-corrected chi connectivity index (χ0v) is 67.6. The first kappa shape index (κ1) is 98.1. The summed E-state index contributed by atoms with van der Waals surface area (Å²) >= 11 is 0. The molecule has 0 aromatic carbocycles. The third-order valence-electron chi connectivity index (χ3n) is 19.5. The molecule has 0 amide bonds. The van der Waals surface area contributed by atoms with Crippen LogP contribution in [-0.2, 0) is 65.4 Å². The van der Waals surface area contributed by atoms with Gasteiger partial charge in [-0.25, -0.2) is 9.13 Å². The van der Waals surface area contributed by atoms with Gasteiger partial charge in [0.2, 0.25) is 0 Å². The first-order valence-corrected chi connectivity index (χ1v) is 44.8. The number of carbonyl (C=O) groups is 4. The molecule has 0 aliphatic heterocycles. The average molecular weight is 1470 g/mol. The van der Waals surface area contributed by atoms with Crippen molar-refractivity contribution in [1.82, 2.24) is 0 Å². The van der Waals surface area contributed by atoms with Gasteiger partial charge in [-0.3, -0.25) is 37.3 Å². The van der Waals surface area contributed by atoms with E-state index >= 15 is 0 Å². The molecule has 0 bridgehead atoms. The third kappa shape index (κ3) is 71.7. The second-order valence-corrected chi connectivity index (χ2v) is 33.5. The van der Waals surface area contributed by atoms with E-state index in [2.05, 4.69) is 55.4 Å². The van der Waals surface area contributed by atoms with Crippen molar-refractivity contribution in [2.45, 2.75) is 433 Å². The van der Waals surface area contributed by atoms with Gasteiger partial charge in [0.15, 0.2) is 12.2 Å². The summed E-state index contributed by atoms with van der Waals surface area (Å²) in [6, 6.07) is 0. The van der Waals surface area contributed by atoms with Gasteiger partial charge in [-0.05, 0) is 49.4 Å². The van der Waals surface area contributed by atoms with E-state index in [0.717, 1.165) is 120 Å². The summed E-state index contributed by atoms with van der Waals surface area (Å²) in [7, 11) is -9.92. The van der Waals surface area contributed by atoms with Gasteiger partial charge in [0.25, 0.3) is 0 Å². The third-order valence-corrected chi connectivity index (χ3v) is 21.4. The molecule has 0 heterocycles. The van der Waals surface area contributed by atoms with Crippen molar-refractivity contribution in [3.8, 4) is 0 Å². The van der Waals surface area contributed by atoms with Crippen molar-refractivity contribution in [1.29, 1.82) is 0 Å². The van der Waals surface area contributed by atoms with Crippen molar-refractivity contribution in [3.63, 3.8) is 0 Å². The van der Waals surface area contributed by atoms with E-state index in [9.17, 15) is 43.2 Å². The van der Waals surface area contributed by atoms with Crippen LogP contribution in [0.5, 0.6) is 0 Å². The molecule has 0 rings (SSSR count). The lowest BCUT2D eigenvalue weighted by atomic mass is 9.99. The predicted molar refractivity (Wildman–Crippen MR) is 409 cm³/mol. The first-order valence-electron chi connectivity index (χ1n) is 41.8. The zero-order valence-electron chi connectivity index (χ0n) is 65.8. The molecule has 17 nitrogen and oxygen atoms in total. The topological polar surface area (TPSA) is 237 Å². The minimum atomic E-state index is -4.96. The Morgan fingerprint density at radius 1 is 0.280 bits per heavy atom. The minimum Gasteiger partial charge on any atom is -0.462 e. The number of ether oxygens (including phenoxy) is 4. The summed E-state index contributed by atoms with van der Waals surface area (Å²) in [4.78, 5) is 73.0. The Morgan fingerprint density at radius 2 is 0.480 bits per heavy atom. The molecule has 0 aliphatic rings. The average Bonchev–Trinajstić information content (AvgIpc) is 0.974. The quantitative estimate of drug-likeness (QED) is 0.0222. The molecule has 594 valence electrons. The number of esters is 4. The first-order chi connectivity index (χ1) is 48.2. The Kier molecular flexibility index (Phi) is 68.7. The maximum atomic E-state index is 13.1. The Hall–Kier alpha value is -1.94. The van der Waals surface area contributed by atoms with Crippen LogP contribution in [0, 0.1) is 23.7 Å². The van der Waals surface area contributed by atoms with Crippen LogP contribution >= 0.6 is 15.6 Å². The highest BCUT2D eigenvalue weighted by Crippen LogP contribution is 2.45. The normalized spacial score (nSPS) is 14.6. The SMILES string of the molecule is CCC(C)CCCCCCCCCCCCC(=O)O[C@H](COC(=O)CCCCCCCCC(C)CC)COP(=O)(O)OC[C@H](O)COP(=O)(O)OC[C@@H](COC(=O)CCCCCCCCCCCCCCCCCCC(C)C)OC(=O)CCCCCCCCCCCCCCCCC(C)C. The molecular weight excluding hydrogens is 1310 g/mol. The second kappa shape index (κ2) is 70.1. The van der Waals surface area contributed by atoms with Crippen molar-refractivity contribution in [2.24, 2.45) is 23.7 Å². The molecule has 0 aromatic rings. The summed E-state index contributed by atoms with van der Waals surface area (Å²) in [5.74, 6) is 1.03. The lowest BCUT2D eigenvalue weighted by Crippen LogP contribution is -2.30. The Balaban J connectivity index is 5.25. The fraction of sp³-hybridized carbons (Fsp3) is 0.951. The van der Waals surface area contributed by atoms with Crippen molar-refractivity contribution in [3.05, 3.63) is 0 Å². The van der Waals surface area contributed by atoms with Crippen LogP contribution in [0.1, 0.15) is 415 Å². The highest BCUT2D eigenvalue weighted by atomic mass is 31.2. The van der Waals surface area contributed by atoms with Crippen molar-refractivity contribution < 1.29 is 80.2 Å². The number of unbranched alkanes of at least 4 members (excludes halogenated alkanes) is 42. The molecule has 0 radical (unpaired) electrons. The lowest BCUT2D eigenvalue weighted by Gasteiger charge is -2.21. The molecule has 19 heteroatoms. The Bertz CT molecular complexity index is 1960. The molecule has 4 unspecified atom stereocenters. The van der Waals surface area contributed by atoms with Gasteiger partial charge >= 0.3 is 39.5 Å². The predicted octanol–water partition coefficient (Wildman–Crippen LogP) is 24.0. The van der Waals surface area contributed by atoms with Crippen LogP contribution in [-0.4, -0.2) is 96.7 Å². The van der Waals surface area contributed by atoms with E-state index in [1.807, 2.05) is 0 Å². The molecule has 7 atom stereocenters. The van der Waals surface area contributed by atoms with Gasteiger partial charge in [0, 0.05) is 25.7 Å². The molecular formula is C81H158O17P2. The monoisotopic (exact) mass is 1470 g/mol. The summed E-state index contributed by atoms with van der Waals surface area (Å²) in [5.41, 5.74) is 0. The standard InChI is InChI=1S/C81H158O17P2/c1-9-73(7)59-51-43-35-29-25-26-32-38-48-56-64-81(86)98-77(68-92-79(84)62-54-46-40-39-44-52-60-74(8)10-2)70-96-100(89,90)94-66-75(82)65-93-99(87,88)95-69-76(97-80(85)63-55-47-37-31-24-20-16-15-18-22-28-34-42-50-58-72(5)6)67-91-78(83)61-53-45-36-30-23-19-14-12-11-13-17-21-27-33-41-49-57-71(3)4/h71-77,82H,9-70H2,1-8H3,(H,87,88)(H,89,90)/t73?,74?,75-,76-,77-/m1/s1. The van der Waals surface area contributed by atoms with Crippen LogP contribution in [0.25, 0.3) is 0 Å². The summed E-state index contributed by atoms with van der Waals surface area (Å²) in [5, 5.41) is 10.6. The maximum Gasteiger partial charge on any atom is 0.472 e. The fourth-order valence-corrected chi connectivity index (χ4v) is 13.9. The highest BCUT2D eigenvalue weighted by molar-refractivity contribution is 7.47. The highest BCUT2D eigenvalue weighted by Gasteiger charge is 2.30. The van der Waals surface area contributed by atoms with Crippen LogP contribution in [0.15, 0.2) is 0 Å².